The number of imide groups is 1. The van der Waals surface area contributed by atoms with Gasteiger partial charge in [-0.25, -0.2) is 0 Å². The third-order valence-electron chi connectivity index (χ3n) is 6.14. The second-order valence-corrected chi connectivity index (χ2v) is 8.02. The van der Waals surface area contributed by atoms with Crippen molar-refractivity contribution >= 4 is 35.0 Å². The maximum absolute atomic E-state index is 12.8. The molecule has 2 fully saturated rings. The molecule has 7 nitrogen and oxygen atoms in total. The van der Waals surface area contributed by atoms with Gasteiger partial charge in [0.25, 0.3) is 0 Å². The van der Waals surface area contributed by atoms with Gasteiger partial charge in [-0.2, -0.15) is 0 Å². The van der Waals surface area contributed by atoms with Gasteiger partial charge in [0.2, 0.25) is 23.6 Å². The standard InChI is InChI=1S/C22H25N3O4/c1-13-12-15(9-10-18(13)24-11-5-8-19(24)26)23-20(27)14(2)25-21(28)16-6-3-4-7-17(16)22(25)29/h3-4,9-10,12,14,16-17H,5-8,11H2,1-2H3,(H,23,27)/t14-,16+,17+/m0/s1. The third-order valence-corrected chi connectivity index (χ3v) is 6.14. The number of rotatable bonds is 4. The van der Waals surface area contributed by atoms with Gasteiger partial charge in [-0.05, 0) is 56.9 Å². The number of aryl methyl sites for hydroxylation is 1. The summed E-state index contributed by atoms with van der Waals surface area (Å²) in [5.74, 6) is -1.50. The zero-order chi connectivity index (χ0) is 20.7. The number of amides is 4. The van der Waals surface area contributed by atoms with Crippen LogP contribution >= 0.6 is 0 Å². The minimum atomic E-state index is -0.874. The molecule has 2 aliphatic heterocycles. The Hall–Kier alpha value is -2.96. The number of anilines is 2. The minimum absolute atomic E-state index is 0.112. The topological polar surface area (TPSA) is 86.8 Å². The maximum Gasteiger partial charge on any atom is 0.247 e. The number of benzene rings is 1. The number of hydrogen-bond donors (Lipinski definition) is 1. The SMILES string of the molecule is Cc1cc(NC(=O)[C@H](C)N2C(=O)[C@@H]3CC=CC[C@H]3C2=O)ccc1N1CCCC1=O. The summed E-state index contributed by atoms with van der Waals surface area (Å²) in [6, 6.07) is 4.50. The second kappa shape index (κ2) is 7.46. The molecule has 0 aromatic heterocycles. The summed E-state index contributed by atoms with van der Waals surface area (Å²) >= 11 is 0. The van der Waals surface area contributed by atoms with Crippen LogP contribution in [0.25, 0.3) is 0 Å². The largest absolute Gasteiger partial charge is 0.324 e. The van der Waals surface area contributed by atoms with Gasteiger partial charge in [0.05, 0.1) is 11.8 Å². The molecule has 0 saturated carbocycles. The van der Waals surface area contributed by atoms with Crippen LogP contribution in [-0.4, -0.2) is 41.1 Å². The Kier molecular flexibility index (Phi) is 4.98. The van der Waals surface area contributed by atoms with Crippen LogP contribution in [0, 0.1) is 18.8 Å². The molecular weight excluding hydrogens is 370 g/mol. The zero-order valence-electron chi connectivity index (χ0n) is 16.7. The molecule has 2 heterocycles. The van der Waals surface area contributed by atoms with E-state index in [9.17, 15) is 19.2 Å². The summed E-state index contributed by atoms with van der Waals surface area (Å²) < 4.78 is 0. The molecule has 7 heteroatoms. The summed E-state index contributed by atoms with van der Waals surface area (Å²) in [5.41, 5.74) is 2.31. The maximum atomic E-state index is 12.8. The van der Waals surface area contributed by atoms with E-state index in [4.69, 9.17) is 0 Å². The lowest BCUT2D eigenvalue weighted by Crippen LogP contribution is -2.46. The van der Waals surface area contributed by atoms with E-state index in [1.54, 1.807) is 17.9 Å². The monoisotopic (exact) mass is 395 g/mol. The number of likely N-dealkylation sites (tertiary alicyclic amines) is 1. The summed E-state index contributed by atoms with van der Waals surface area (Å²) in [6.07, 6.45) is 6.37. The zero-order valence-corrected chi connectivity index (χ0v) is 16.7. The van der Waals surface area contributed by atoms with Crippen LogP contribution in [0.15, 0.2) is 30.4 Å². The van der Waals surface area contributed by atoms with Gasteiger partial charge in [0.15, 0.2) is 0 Å². The van der Waals surface area contributed by atoms with Gasteiger partial charge >= 0.3 is 0 Å². The van der Waals surface area contributed by atoms with E-state index in [1.807, 2.05) is 31.2 Å². The van der Waals surface area contributed by atoms with Crippen molar-refractivity contribution in [3.05, 3.63) is 35.9 Å². The van der Waals surface area contributed by atoms with Crippen molar-refractivity contribution in [1.82, 2.24) is 4.90 Å². The molecule has 4 amide bonds. The van der Waals surface area contributed by atoms with Crippen LogP contribution in [0.1, 0.15) is 38.2 Å². The van der Waals surface area contributed by atoms with Crippen molar-refractivity contribution in [3.8, 4) is 0 Å². The van der Waals surface area contributed by atoms with Gasteiger partial charge in [0, 0.05) is 24.3 Å². The summed E-state index contributed by atoms with van der Waals surface area (Å²) in [4.78, 5) is 53.0. The lowest BCUT2D eigenvalue weighted by Gasteiger charge is -2.23. The van der Waals surface area contributed by atoms with Crippen LogP contribution in [0.4, 0.5) is 11.4 Å². The number of nitrogens with zero attached hydrogens (tertiary/aromatic N) is 2. The van der Waals surface area contributed by atoms with Crippen molar-refractivity contribution < 1.29 is 19.2 Å². The van der Waals surface area contributed by atoms with Gasteiger partial charge in [-0.1, -0.05) is 12.2 Å². The Morgan fingerprint density at radius 1 is 1.10 bits per heavy atom. The van der Waals surface area contributed by atoms with E-state index >= 15 is 0 Å². The van der Waals surface area contributed by atoms with Gasteiger partial charge in [-0.3, -0.25) is 24.1 Å². The molecule has 29 heavy (non-hydrogen) atoms. The lowest BCUT2D eigenvalue weighted by atomic mass is 9.85. The number of carbonyl (C=O) groups excluding carboxylic acids is 4. The van der Waals surface area contributed by atoms with E-state index in [1.165, 1.54) is 0 Å². The highest BCUT2D eigenvalue weighted by Gasteiger charge is 2.50. The third kappa shape index (κ3) is 3.34. The molecule has 0 bridgehead atoms. The lowest BCUT2D eigenvalue weighted by molar-refractivity contribution is -0.146. The molecule has 0 radical (unpaired) electrons. The first-order chi connectivity index (χ1) is 13.9. The van der Waals surface area contributed by atoms with Crippen LogP contribution in [-0.2, 0) is 19.2 Å². The molecule has 2 saturated heterocycles. The average molecular weight is 395 g/mol. The minimum Gasteiger partial charge on any atom is -0.324 e. The fraction of sp³-hybridized carbons (Fsp3) is 0.455. The van der Waals surface area contributed by atoms with Crippen molar-refractivity contribution in [2.24, 2.45) is 11.8 Å². The van der Waals surface area contributed by atoms with Gasteiger partial charge in [0.1, 0.15) is 6.04 Å². The summed E-state index contributed by atoms with van der Waals surface area (Å²) in [6.45, 7) is 4.18. The molecule has 1 aromatic carbocycles. The van der Waals surface area contributed by atoms with Crippen molar-refractivity contribution in [2.75, 3.05) is 16.8 Å². The highest BCUT2D eigenvalue weighted by molar-refractivity contribution is 6.10. The van der Waals surface area contributed by atoms with Crippen LogP contribution in [0.5, 0.6) is 0 Å². The molecular formula is C22H25N3O4. The summed E-state index contributed by atoms with van der Waals surface area (Å²) in [5, 5.41) is 2.81. The first-order valence-corrected chi connectivity index (χ1v) is 10.1. The molecule has 1 N–H and O–H groups in total. The van der Waals surface area contributed by atoms with E-state index in [2.05, 4.69) is 5.32 Å². The predicted molar refractivity (Wildman–Crippen MR) is 108 cm³/mol. The molecule has 1 aliphatic carbocycles. The fourth-order valence-electron chi connectivity index (χ4n) is 4.51. The Bertz CT molecular complexity index is 897. The second-order valence-electron chi connectivity index (χ2n) is 8.02. The van der Waals surface area contributed by atoms with Crippen LogP contribution < -0.4 is 10.2 Å². The van der Waals surface area contributed by atoms with E-state index < -0.39 is 11.9 Å². The van der Waals surface area contributed by atoms with Crippen LogP contribution in [0.2, 0.25) is 0 Å². The van der Waals surface area contributed by atoms with Crippen molar-refractivity contribution in [3.63, 3.8) is 0 Å². The number of nitrogens with one attached hydrogen (secondary N) is 1. The highest BCUT2D eigenvalue weighted by atomic mass is 16.2. The molecule has 3 aliphatic rings. The molecule has 1 aromatic rings. The number of carbonyl (C=O) groups is 4. The smallest absolute Gasteiger partial charge is 0.247 e. The van der Waals surface area contributed by atoms with E-state index in [-0.39, 0.29) is 29.6 Å². The molecule has 3 atom stereocenters. The van der Waals surface area contributed by atoms with Crippen LogP contribution in [0.3, 0.4) is 0 Å². The number of allylic oxidation sites excluding steroid dienone is 2. The van der Waals surface area contributed by atoms with Crippen molar-refractivity contribution in [1.29, 1.82) is 0 Å². The van der Waals surface area contributed by atoms with Gasteiger partial charge < -0.3 is 10.2 Å². The normalized spacial score (nSPS) is 24.8. The summed E-state index contributed by atoms with van der Waals surface area (Å²) in [7, 11) is 0. The Labute approximate surface area is 169 Å². The van der Waals surface area contributed by atoms with E-state index in [0.717, 1.165) is 22.6 Å². The quantitative estimate of drug-likeness (QED) is 0.627. The first-order valence-electron chi connectivity index (χ1n) is 10.1. The Morgan fingerprint density at radius 2 is 1.76 bits per heavy atom. The molecule has 4 rings (SSSR count). The molecule has 0 unspecified atom stereocenters. The highest BCUT2D eigenvalue weighted by Crippen LogP contribution is 2.36. The Balaban J connectivity index is 1.46. The van der Waals surface area contributed by atoms with Gasteiger partial charge in [-0.15, -0.1) is 0 Å². The number of fused-ring (bicyclic) bond motifs is 1. The number of hydrogen-bond acceptors (Lipinski definition) is 4. The Morgan fingerprint density at radius 3 is 2.31 bits per heavy atom. The fourth-order valence-corrected chi connectivity index (χ4v) is 4.51. The average Bonchev–Trinajstić information content (AvgIpc) is 3.23. The molecule has 0 spiro atoms. The van der Waals surface area contributed by atoms with E-state index in [0.29, 0.717) is 31.5 Å². The predicted octanol–water partition coefficient (Wildman–Crippen LogP) is 2.40. The molecule has 152 valence electrons. The first kappa shape index (κ1) is 19.4. The van der Waals surface area contributed by atoms with Crippen molar-refractivity contribution in [2.45, 2.75) is 45.6 Å².